The van der Waals surface area contributed by atoms with Crippen molar-refractivity contribution < 1.29 is 14.6 Å². The van der Waals surface area contributed by atoms with Crippen LogP contribution in [0.25, 0.3) is 0 Å². The highest BCUT2D eigenvalue weighted by Gasteiger charge is 2.40. The number of aliphatic hydroxyl groups excluding tert-OH is 1. The Morgan fingerprint density at radius 3 is 2.54 bits per heavy atom. The van der Waals surface area contributed by atoms with Crippen LogP contribution < -0.4 is 0 Å². The summed E-state index contributed by atoms with van der Waals surface area (Å²) in [7, 11) is 0. The molecule has 1 rings (SSSR count). The minimum Gasteiger partial charge on any atom is -0.460 e. The van der Waals surface area contributed by atoms with Gasteiger partial charge in [0.2, 0.25) is 0 Å². The number of hydrogen-bond donors (Lipinski definition) is 1. The number of esters is 1. The maximum absolute atomic E-state index is 11.6. The van der Waals surface area contributed by atoms with Crippen molar-refractivity contribution in [1.29, 1.82) is 0 Å². The average Bonchev–Trinajstić information content (AvgIpc) is 2.81. The number of aliphatic hydroxyl groups is 1. The molecule has 3 atom stereocenters. The number of cyclic esters (lactones) is 1. The van der Waals surface area contributed by atoms with Gasteiger partial charge in [-0.15, -0.1) is 6.58 Å². The van der Waals surface area contributed by atoms with Gasteiger partial charge in [-0.05, 0) is 38.7 Å². The van der Waals surface area contributed by atoms with Gasteiger partial charge < -0.3 is 9.84 Å². The van der Waals surface area contributed by atoms with Crippen LogP contribution in [0.1, 0.15) is 71.1 Å². The molecule has 1 N–H and O–H groups in total. The Kier molecular flexibility index (Phi) is 11.0. The zero-order chi connectivity index (χ0) is 17.6. The van der Waals surface area contributed by atoms with Crippen molar-refractivity contribution in [2.75, 3.05) is 0 Å². The molecule has 0 aromatic heterocycles. The lowest BCUT2D eigenvalue weighted by atomic mass is 9.95. The predicted molar refractivity (Wildman–Crippen MR) is 98.3 cm³/mol. The maximum atomic E-state index is 11.6. The van der Waals surface area contributed by atoms with E-state index in [9.17, 15) is 9.90 Å². The maximum Gasteiger partial charge on any atom is 0.312 e. The number of allylic oxidation sites excluding steroid dienone is 3. The third-order valence-electron chi connectivity index (χ3n) is 4.41. The second-order valence-electron chi connectivity index (χ2n) is 6.49. The van der Waals surface area contributed by atoms with Gasteiger partial charge >= 0.3 is 5.97 Å². The molecule has 1 aliphatic heterocycles. The van der Waals surface area contributed by atoms with Gasteiger partial charge in [-0.2, -0.15) is 0 Å². The minimum absolute atomic E-state index is 0.230. The number of hydrogen-bond acceptors (Lipinski definition) is 3. The summed E-state index contributed by atoms with van der Waals surface area (Å²) in [6.45, 7) is 5.44. The van der Waals surface area contributed by atoms with E-state index >= 15 is 0 Å². The van der Waals surface area contributed by atoms with E-state index in [2.05, 4.69) is 24.5 Å². The predicted octanol–water partition coefficient (Wildman–Crippen LogP) is 4.56. The zero-order valence-electron chi connectivity index (χ0n) is 15.0. The highest BCUT2D eigenvalue weighted by Crippen LogP contribution is 2.26. The third-order valence-corrected chi connectivity index (χ3v) is 4.41. The molecule has 0 aromatic carbocycles. The van der Waals surface area contributed by atoms with Crippen LogP contribution in [0.15, 0.2) is 24.8 Å². The monoisotopic (exact) mass is 332 g/mol. The summed E-state index contributed by atoms with van der Waals surface area (Å²) in [5.41, 5.74) is 0. The Balaban J connectivity index is 1.92. The molecule has 0 saturated carbocycles. The molecule has 0 aromatic rings. The van der Waals surface area contributed by atoms with E-state index in [1.807, 2.05) is 12.2 Å². The Morgan fingerprint density at radius 2 is 1.88 bits per heavy atom. The molecular formula is C21H32O3. The van der Waals surface area contributed by atoms with Crippen LogP contribution in [0.2, 0.25) is 0 Å². The molecular weight excluding hydrogens is 300 g/mol. The lowest BCUT2D eigenvalue weighted by molar-refractivity contribution is -0.143. The van der Waals surface area contributed by atoms with E-state index in [1.54, 1.807) is 6.92 Å². The summed E-state index contributed by atoms with van der Waals surface area (Å²) in [4.78, 5) is 11.6. The summed E-state index contributed by atoms with van der Waals surface area (Å²) in [6, 6.07) is 0. The Hall–Kier alpha value is -1.53. The van der Waals surface area contributed by atoms with Crippen molar-refractivity contribution in [3.8, 4) is 11.8 Å². The molecule has 0 unspecified atom stereocenters. The van der Waals surface area contributed by atoms with Gasteiger partial charge in [-0.3, -0.25) is 4.79 Å². The molecule has 1 heterocycles. The quantitative estimate of drug-likeness (QED) is 0.261. The summed E-state index contributed by atoms with van der Waals surface area (Å²) in [6.07, 6.45) is 15.6. The van der Waals surface area contributed by atoms with Crippen molar-refractivity contribution in [1.82, 2.24) is 0 Å². The molecule has 0 amide bonds. The SMILES string of the molecule is C=CCC/C=C/C#CCCCCCCCC[C@H]1C(=O)O[C@H](C)[C@@H]1O. The number of carbonyl (C=O) groups is 1. The lowest BCUT2D eigenvalue weighted by Crippen LogP contribution is -2.24. The second-order valence-corrected chi connectivity index (χ2v) is 6.49. The van der Waals surface area contributed by atoms with Gasteiger partial charge in [0.05, 0.1) is 5.92 Å². The van der Waals surface area contributed by atoms with Crippen LogP contribution in [0.4, 0.5) is 0 Å². The van der Waals surface area contributed by atoms with Crippen molar-refractivity contribution >= 4 is 5.97 Å². The molecule has 24 heavy (non-hydrogen) atoms. The van der Waals surface area contributed by atoms with Gasteiger partial charge in [0.1, 0.15) is 12.2 Å². The van der Waals surface area contributed by atoms with Gasteiger partial charge in [-0.25, -0.2) is 0 Å². The normalized spacial score (nSPS) is 23.1. The fourth-order valence-electron chi connectivity index (χ4n) is 2.87. The van der Waals surface area contributed by atoms with Crippen molar-refractivity contribution in [3.63, 3.8) is 0 Å². The average molecular weight is 332 g/mol. The van der Waals surface area contributed by atoms with Gasteiger partial charge in [0, 0.05) is 6.42 Å². The molecule has 134 valence electrons. The first kappa shape index (κ1) is 20.5. The van der Waals surface area contributed by atoms with Gasteiger partial charge in [0.15, 0.2) is 0 Å². The highest BCUT2D eigenvalue weighted by molar-refractivity contribution is 5.75. The number of ether oxygens (including phenoxy) is 1. The highest BCUT2D eigenvalue weighted by atomic mass is 16.6. The van der Waals surface area contributed by atoms with Gasteiger partial charge in [-0.1, -0.05) is 56.1 Å². The third kappa shape index (κ3) is 8.36. The first-order chi connectivity index (χ1) is 11.7. The molecule has 1 saturated heterocycles. The smallest absolute Gasteiger partial charge is 0.312 e. The number of unbranched alkanes of at least 4 members (excludes halogenated alkanes) is 7. The summed E-state index contributed by atoms with van der Waals surface area (Å²) in [5, 5.41) is 9.86. The Morgan fingerprint density at radius 1 is 1.17 bits per heavy atom. The van der Waals surface area contributed by atoms with E-state index in [0.29, 0.717) is 0 Å². The topological polar surface area (TPSA) is 46.5 Å². The first-order valence-corrected chi connectivity index (χ1v) is 9.29. The fourth-order valence-corrected chi connectivity index (χ4v) is 2.87. The summed E-state index contributed by atoms with van der Waals surface area (Å²) < 4.78 is 5.04. The Labute approximate surface area is 147 Å². The zero-order valence-corrected chi connectivity index (χ0v) is 15.0. The van der Waals surface area contributed by atoms with Crippen LogP contribution in [0, 0.1) is 17.8 Å². The molecule has 1 aliphatic rings. The summed E-state index contributed by atoms with van der Waals surface area (Å²) >= 11 is 0. The Bertz CT molecular complexity index is 455. The van der Waals surface area contributed by atoms with E-state index in [-0.39, 0.29) is 18.0 Å². The summed E-state index contributed by atoms with van der Waals surface area (Å²) in [5.74, 6) is 5.70. The first-order valence-electron chi connectivity index (χ1n) is 9.29. The van der Waals surface area contributed by atoms with Crippen LogP contribution >= 0.6 is 0 Å². The fraction of sp³-hybridized carbons (Fsp3) is 0.667. The van der Waals surface area contributed by atoms with Crippen molar-refractivity contribution in [2.24, 2.45) is 5.92 Å². The largest absolute Gasteiger partial charge is 0.460 e. The van der Waals surface area contributed by atoms with Crippen molar-refractivity contribution in [2.45, 2.75) is 83.3 Å². The number of rotatable bonds is 11. The standard InChI is InChI=1S/C21H32O3/c1-3-4-5-6-7-8-9-10-11-12-13-14-15-16-17-19-20(22)18(2)24-21(19)23/h3,6-7,18-20,22H,1,4-5,10-17H2,2H3/b7-6+/t18-,19-,20+/m1/s1. The van der Waals surface area contributed by atoms with E-state index < -0.39 is 6.10 Å². The molecule has 0 radical (unpaired) electrons. The molecule has 3 heteroatoms. The van der Waals surface area contributed by atoms with Crippen molar-refractivity contribution in [3.05, 3.63) is 24.8 Å². The van der Waals surface area contributed by atoms with Crippen LogP contribution in [0.5, 0.6) is 0 Å². The molecule has 0 spiro atoms. The van der Waals surface area contributed by atoms with E-state index in [0.717, 1.165) is 44.9 Å². The molecule has 0 bridgehead atoms. The number of carbonyl (C=O) groups excluding carboxylic acids is 1. The van der Waals surface area contributed by atoms with Crippen LogP contribution in [0.3, 0.4) is 0 Å². The molecule has 1 fully saturated rings. The van der Waals surface area contributed by atoms with E-state index in [4.69, 9.17) is 4.74 Å². The minimum atomic E-state index is -0.623. The van der Waals surface area contributed by atoms with E-state index in [1.165, 1.54) is 19.3 Å². The second kappa shape index (κ2) is 12.8. The van der Waals surface area contributed by atoms with Crippen LogP contribution in [-0.2, 0) is 9.53 Å². The molecule has 0 aliphatic carbocycles. The van der Waals surface area contributed by atoms with Crippen LogP contribution in [-0.4, -0.2) is 23.3 Å². The van der Waals surface area contributed by atoms with Gasteiger partial charge in [0.25, 0.3) is 0 Å². The molecule has 3 nitrogen and oxygen atoms in total. The lowest BCUT2D eigenvalue weighted by Gasteiger charge is -2.11.